The van der Waals surface area contributed by atoms with Crippen LogP contribution in [0.15, 0.2) is 0 Å². The lowest BCUT2D eigenvalue weighted by Crippen LogP contribution is -2.02. The summed E-state index contributed by atoms with van der Waals surface area (Å²) in [6.07, 6.45) is 3.26. The fourth-order valence-electron chi connectivity index (χ4n) is 1.24. The maximum Gasteiger partial charge on any atom is 0.161 e. The van der Waals surface area contributed by atoms with Crippen LogP contribution in [0.25, 0.3) is 0 Å². The van der Waals surface area contributed by atoms with Gasteiger partial charge in [0.05, 0.1) is 11.8 Å². The molecule has 0 atom stereocenters. The number of hydrogen-bond acceptors (Lipinski definition) is 5. The van der Waals surface area contributed by atoms with Gasteiger partial charge in [-0.1, -0.05) is 0 Å². The first kappa shape index (κ1) is 9.92. The van der Waals surface area contributed by atoms with Gasteiger partial charge in [0.25, 0.3) is 0 Å². The van der Waals surface area contributed by atoms with Crippen LogP contribution in [0.4, 0.5) is 0 Å². The second-order valence-electron chi connectivity index (χ2n) is 3.40. The first-order valence-electron chi connectivity index (χ1n) is 4.87. The van der Waals surface area contributed by atoms with E-state index in [-0.39, 0.29) is 6.61 Å². The quantitative estimate of drug-likeness (QED) is 0.703. The molecule has 1 aliphatic rings. The van der Waals surface area contributed by atoms with Gasteiger partial charge in [-0.15, -0.1) is 5.10 Å². The van der Waals surface area contributed by atoms with Gasteiger partial charge in [0.2, 0.25) is 0 Å². The largest absolute Gasteiger partial charge is 0.396 e. The van der Waals surface area contributed by atoms with Gasteiger partial charge in [-0.25, -0.2) is 4.68 Å². The second-order valence-corrected chi connectivity index (χ2v) is 4.51. The molecule has 1 heterocycles. The third kappa shape index (κ3) is 2.45. The Balaban J connectivity index is 1.80. The zero-order valence-corrected chi connectivity index (χ0v) is 8.78. The molecule has 6 heteroatoms. The molecule has 1 fully saturated rings. The van der Waals surface area contributed by atoms with Gasteiger partial charge in [-0.3, -0.25) is 0 Å². The van der Waals surface area contributed by atoms with Gasteiger partial charge in [0.15, 0.2) is 5.82 Å². The number of nitrogens with zero attached hydrogens (tertiary/aromatic N) is 4. The predicted octanol–water partition coefficient (Wildman–Crippen LogP) is 0.624. The number of aliphatic hydroxyl groups is 1. The molecule has 14 heavy (non-hydrogen) atoms. The van der Waals surface area contributed by atoms with E-state index in [1.807, 2.05) is 4.68 Å². The van der Waals surface area contributed by atoms with Gasteiger partial charge in [0.1, 0.15) is 0 Å². The normalized spacial score (nSPS) is 16.1. The molecule has 0 aromatic carbocycles. The summed E-state index contributed by atoms with van der Waals surface area (Å²) in [5.74, 6) is 2.78. The Kier molecular flexibility index (Phi) is 3.36. The highest BCUT2D eigenvalue weighted by Gasteiger charge is 2.27. The van der Waals surface area contributed by atoms with E-state index >= 15 is 0 Å². The summed E-state index contributed by atoms with van der Waals surface area (Å²) in [6, 6.07) is 0.554. The van der Waals surface area contributed by atoms with E-state index in [9.17, 15) is 0 Å². The molecule has 1 saturated carbocycles. The van der Waals surface area contributed by atoms with Crippen LogP contribution < -0.4 is 0 Å². The zero-order chi connectivity index (χ0) is 9.80. The van der Waals surface area contributed by atoms with Crippen LogP contribution >= 0.6 is 11.8 Å². The van der Waals surface area contributed by atoms with Gasteiger partial charge >= 0.3 is 0 Å². The standard InChI is InChI=1S/C8H14N4OS/c13-4-1-5-14-6-8-9-10-11-12(8)7-2-3-7/h7,13H,1-6H2. The highest BCUT2D eigenvalue weighted by molar-refractivity contribution is 7.98. The maximum absolute atomic E-state index is 8.62. The van der Waals surface area contributed by atoms with Gasteiger partial charge in [0, 0.05) is 6.61 Å². The molecular weight excluding hydrogens is 200 g/mol. The molecule has 0 spiro atoms. The number of aliphatic hydroxyl groups excluding tert-OH is 1. The summed E-state index contributed by atoms with van der Waals surface area (Å²) in [5.41, 5.74) is 0. The van der Waals surface area contributed by atoms with Crippen molar-refractivity contribution in [3.63, 3.8) is 0 Å². The number of aromatic nitrogens is 4. The molecule has 0 bridgehead atoms. The minimum Gasteiger partial charge on any atom is -0.396 e. The van der Waals surface area contributed by atoms with E-state index in [4.69, 9.17) is 5.11 Å². The Morgan fingerprint density at radius 2 is 2.36 bits per heavy atom. The number of hydrogen-bond donors (Lipinski definition) is 1. The van der Waals surface area contributed by atoms with Gasteiger partial charge in [-0.05, 0) is 35.4 Å². The van der Waals surface area contributed by atoms with Crippen molar-refractivity contribution in [1.82, 2.24) is 20.2 Å². The summed E-state index contributed by atoms with van der Waals surface area (Å²) in [5, 5.41) is 20.3. The highest BCUT2D eigenvalue weighted by Crippen LogP contribution is 2.34. The summed E-state index contributed by atoms with van der Waals surface area (Å²) >= 11 is 1.77. The summed E-state index contributed by atoms with van der Waals surface area (Å²) in [4.78, 5) is 0. The highest BCUT2D eigenvalue weighted by atomic mass is 32.2. The van der Waals surface area contributed by atoms with Crippen LogP contribution in [0.5, 0.6) is 0 Å². The molecule has 2 rings (SSSR count). The van der Waals surface area contributed by atoms with Crippen molar-refractivity contribution in [1.29, 1.82) is 0 Å². The van der Waals surface area contributed by atoms with E-state index in [0.717, 1.165) is 23.8 Å². The molecule has 1 aliphatic carbocycles. The molecule has 0 aliphatic heterocycles. The SMILES string of the molecule is OCCCSCc1nnnn1C1CC1. The average Bonchev–Trinajstić information content (AvgIpc) is 2.94. The lowest BCUT2D eigenvalue weighted by molar-refractivity contribution is 0.296. The van der Waals surface area contributed by atoms with E-state index in [1.165, 1.54) is 12.8 Å². The fraction of sp³-hybridized carbons (Fsp3) is 0.875. The first-order valence-corrected chi connectivity index (χ1v) is 6.02. The topological polar surface area (TPSA) is 63.8 Å². The zero-order valence-electron chi connectivity index (χ0n) is 7.96. The lowest BCUT2D eigenvalue weighted by atomic mass is 10.5. The van der Waals surface area contributed by atoms with E-state index in [1.54, 1.807) is 11.8 Å². The molecule has 0 amide bonds. The lowest BCUT2D eigenvalue weighted by Gasteiger charge is -2.01. The van der Waals surface area contributed by atoms with Crippen molar-refractivity contribution < 1.29 is 5.11 Å². The Bertz CT molecular complexity index is 287. The van der Waals surface area contributed by atoms with Crippen LogP contribution in [0.3, 0.4) is 0 Å². The predicted molar refractivity (Wildman–Crippen MR) is 54.0 cm³/mol. The fourth-order valence-corrected chi connectivity index (χ4v) is 2.09. The Hall–Kier alpha value is -0.620. The van der Waals surface area contributed by atoms with Crippen molar-refractivity contribution in [3.8, 4) is 0 Å². The molecule has 1 aromatic rings. The third-order valence-electron chi connectivity index (χ3n) is 2.13. The van der Waals surface area contributed by atoms with E-state index in [2.05, 4.69) is 15.5 Å². The smallest absolute Gasteiger partial charge is 0.161 e. The summed E-state index contributed by atoms with van der Waals surface area (Å²) < 4.78 is 1.94. The van der Waals surface area contributed by atoms with Crippen molar-refractivity contribution in [2.75, 3.05) is 12.4 Å². The molecule has 1 N–H and O–H groups in total. The number of thioether (sulfide) groups is 1. The minimum absolute atomic E-state index is 0.264. The van der Waals surface area contributed by atoms with Crippen molar-refractivity contribution in [2.45, 2.75) is 31.1 Å². The van der Waals surface area contributed by atoms with Gasteiger partial charge in [-0.2, -0.15) is 11.8 Å². The summed E-state index contributed by atoms with van der Waals surface area (Å²) in [7, 11) is 0. The number of rotatable bonds is 6. The van der Waals surface area contributed by atoms with Crippen molar-refractivity contribution >= 4 is 11.8 Å². The Morgan fingerprint density at radius 3 is 3.07 bits per heavy atom. The van der Waals surface area contributed by atoms with Crippen molar-refractivity contribution in [2.24, 2.45) is 0 Å². The molecule has 0 saturated heterocycles. The van der Waals surface area contributed by atoms with E-state index < -0.39 is 0 Å². The second kappa shape index (κ2) is 4.75. The Morgan fingerprint density at radius 1 is 1.50 bits per heavy atom. The average molecular weight is 214 g/mol. The maximum atomic E-state index is 8.62. The molecule has 0 unspecified atom stereocenters. The summed E-state index contributed by atoms with van der Waals surface area (Å²) in [6.45, 7) is 0.264. The van der Waals surface area contributed by atoms with Crippen LogP contribution in [-0.4, -0.2) is 37.7 Å². The van der Waals surface area contributed by atoms with Crippen LogP contribution in [0, 0.1) is 0 Å². The molecule has 78 valence electrons. The molecule has 0 radical (unpaired) electrons. The monoisotopic (exact) mass is 214 g/mol. The molecular formula is C8H14N4OS. The third-order valence-corrected chi connectivity index (χ3v) is 3.17. The number of tetrazole rings is 1. The van der Waals surface area contributed by atoms with Gasteiger partial charge < -0.3 is 5.11 Å². The van der Waals surface area contributed by atoms with Crippen molar-refractivity contribution in [3.05, 3.63) is 5.82 Å². The molecule has 1 aromatic heterocycles. The van der Waals surface area contributed by atoms with Crippen LogP contribution in [0.2, 0.25) is 0 Å². The van der Waals surface area contributed by atoms with Crippen LogP contribution in [-0.2, 0) is 5.75 Å². The molecule has 5 nitrogen and oxygen atoms in total. The Labute approximate surface area is 86.9 Å². The first-order chi connectivity index (χ1) is 6.92. The van der Waals surface area contributed by atoms with Crippen LogP contribution in [0.1, 0.15) is 31.1 Å². The van der Waals surface area contributed by atoms with E-state index in [0.29, 0.717) is 6.04 Å². The minimum atomic E-state index is 0.264.